The molecule has 0 spiro atoms. The molecule has 0 rings (SSSR count). The van der Waals surface area contributed by atoms with Crippen molar-refractivity contribution in [2.24, 2.45) is 17.3 Å². The first-order valence-corrected chi connectivity index (χ1v) is 7.07. The zero-order valence-electron chi connectivity index (χ0n) is 13.4. The summed E-state index contributed by atoms with van der Waals surface area (Å²) >= 11 is 0. The summed E-state index contributed by atoms with van der Waals surface area (Å²) in [6.45, 7) is 9.06. The van der Waals surface area contributed by atoms with Crippen LogP contribution in [0, 0.1) is 17.3 Å². The van der Waals surface area contributed by atoms with Crippen LogP contribution in [0.5, 0.6) is 0 Å². The largest absolute Gasteiger partial charge is 0.394 e. The minimum Gasteiger partial charge on any atom is -0.394 e. The van der Waals surface area contributed by atoms with Crippen LogP contribution in [0.25, 0.3) is 0 Å². The van der Waals surface area contributed by atoms with Gasteiger partial charge in [0.1, 0.15) is 6.10 Å². The van der Waals surface area contributed by atoms with Crippen molar-refractivity contribution < 1.29 is 25.0 Å². The van der Waals surface area contributed by atoms with Gasteiger partial charge < -0.3 is 15.5 Å². The molecule has 0 aliphatic heterocycles. The van der Waals surface area contributed by atoms with Gasteiger partial charge in [-0.3, -0.25) is 14.8 Å². The summed E-state index contributed by atoms with van der Waals surface area (Å²) < 4.78 is 0. The van der Waals surface area contributed by atoms with Gasteiger partial charge in [0.25, 0.3) is 5.91 Å². The van der Waals surface area contributed by atoms with Crippen molar-refractivity contribution in [2.75, 3.05) is 6.61 Å². The molecule has 0 saturated carbocycles. The second kappa shape index (κ2) is 8.31. The first-order chi connectivity index (χ1) is 9.54. The Bertz CT molecular complexity index is 352. The molecule has 0 heterocycles. The number of carbonyl (C=O) groups is 2. The number of hydroxylamine groups is 1. The fourth-order valence-corrected chi connectivity index (χ4v) is 1.95. The highest BCUT2D eigenvalue weighted by Gasteiger charge is 2.35. The van der Waals surface area contributed by atoms with E-state index in [0.29, 0.717) is 0 Å². The summed E-state index contributed by atoms with van der Waals surface area (Å²) in [7, 11) is 0. The summed E-state index contributed by atoms with van der Waals surface area (Å²) in [5.74, 6) is -2.46. The van der Waals surface area contributed by atoms with Crippen molar-refractivity contribution in [2.45, 2.75) is 53.2 Å². The van der Waals surface area contributed by atoms with Crippen molar-refractivity contribution in [3.05, 3.63) is 0 Å². The molecule has 0 aliphatic rings. The van der Waals surface area contributed by atoms with Crippen molar-refractivity contribution in [3.8, 4) is 0 Å². The van der Waals surface area contributed by atoms with Gasteiger partial charge in [0.15, 0.2) is 0 Å². The lowest BCUT2D eigenvalue weighted by Gasteiger charge is -2.32. The smallest absolute Gasteiger partial charge is 0.272 e. The Labute approximate surface area is 125 Å². The average molecular weight is 304 g/mol. The first kappa shape index (κ1) is 19.8. The molecule has 124 valence electrons. The van der Waals surface area contributed by atoms with Gasteiger partial charge in [-0.25, -0.2) is 5.48 Å². The molecule has 0 fully saturated rings. The average Bonchev–Trinajstić information content (AvgIpc) is 2.38. The molecule has 7 nitrogen and oxygen atoms in total. The molecular formula is C14H28N2O5. The Morgan fingerprint density at radius 1 is 1.14 bits per heavy atom. The highest BCUT2D eigenvalue weighted by molar-refractivity contribution is 5.88. The van der Waals surface area contributed by atoms with Crippen molar-refractivity contribution in [1.82, 2.24) is 10.8 Å². The van der Waals surface area contributed by atoms with Crippen molar-refractivity contribution >= 4 is 11.8 Å². The summed E-state index contributed by atoms with van der Waals surface area (Å²) in [6, 6.07) is -0.496. The summed E-state index contributed by atoms with van der Waals surface area (Å²) in [5.41, 5.74) is 0.988. The van der Waals surface area contributed by atoms with Crippen LogP contribution >= 0.6 is 0 Å². The number of aliphatic hydroxyl groups excluding tert-OH is 2. The minimum atomic E-state index is -1.64. The molecule has 7 heteroatoms. The van der Waals surface area contributed by atoms with Gasteiger partial charge in [0, 0.05) is 0 Å². The van der Waals surface area contributed by atoms with Gasteiger partial charge >= 0.3 is 0 Å². The van der Waals surface area contributed by atoms with Crippen LogP contribution < -0.4 is 10.8 Å². The molecule has 0 unspecified atom stereocenters. The molecule has 0 aromatic heterocycles. The predicted molar refractivity (Wildman–Crippen MR) is 77.4 cm³/mol. The summed E-state index contributed by atoms with van der Waals surface area (Å²) in [5, 5.41) is 30.5. The van der Waals surface area contributed by atoms with Crippen LogP contribution in [0.15, 0.2) is 0 Å². The summed E-state index contributed by atoms with van der Waals surface area (Å²) in [6.07, 6.45) is -1.36. The second-order valence-electron chi connectivity index (χ2n) is 6.77. The van der Waals surface area contributed by atoms with Crippen LogP contribution in [0.3, 0.4) is 0 Å². The van der Waals surface area contributed by atoms with E-state index in [0.717, 1.165) is 0 Å². The van der Waals surface area contributed by atoms with Crippen molar-refractivity contribution in [1.29, 1.82) is 0 Å². The van der Waals surface area contributed by atoms with Gasteiger partial charge in [-0.15, -0.1) is 0 Å². The van der Waals surface area contributed by atoms with E-state index in [-0.39, 0.29) is 24.4 Å². The maximum absolute atomic E-state index is 12.3. The highest BCUT2D eigenvalue weighted by Crippen LogP contribution is 2.21. The lowest BCUT2D eigenvalue weighted by molar-refractivity contribution is -0.147. The number of hydrogen-bond acceptors (Lipinski definition) is 5. The van der Waals surface area contributed by atoms with Gasteiger partial charge in [0.05, 0.1) is 18.6 Å². The Morgan fingerprint density at radius 2 is 1.67 bits per heavy atom. The fraction of sp³-hybridized carbons (Fsp3) is 0.857. The number of rotatable bonds is 7. The molecule has 5 N–H and O–H groups in total. The molecule has 3 atom stereocenters. The van der Waals surface area contributed by atoms with Crippen LogP contribution in [0.1, 0.15) is 41.0 Å². The zero-order valence-corrected chi connectivity index (χ0v) is 13.4. The monoisotopic (exact) mass is 304 g/mol. The van der Waals surface area contributed by atoms with E-state index in [4.69, 9.17) is 5.21 Å². The van der Waals surface area contributed by atoms with Crippen LogP contribution in [-0.4, -0.2) is 46.0 Å². The summed E-state index contributed by atoms with van der Waals surface area (Å²) in [4.78, 5) is 23.7. The normalized spacial score (nSPS) is 16.2. The molecule has 0 aromatic rings. The van der Waals surface area contributed by atoms with Crippen LogP contribution in [0.2, 0.25) is 0 Å². The number of aliphatic hydroxyl groups is 2. The SMILES string of the molecule is CC(C)C[C@@H](C(=O)N[C@H](CO)C(C)(C)C)[C@H](O)C(=O)NO. The Morgan fingerprint density at radius 3 is 2.00 bits per heavy atom. The Hall–Kier alpha value is -1.18. The van der Waals surface area contributed by atoms with E-state index in [1.165, 1.54) is 5.48 Å². The third kappa shape index (κ3) is 6.41. The standard InChI is InChI=1S/C14H28N2O5/c1-8(2)6-9(11(18)13(20)16-21)12(19)15-10(7-17)14(3,4)5/h8-11,17-18,21H,6-7H2,1-5H3,(H,15,19)(H,16,20)/t9-,10-,11+/m1/s1. The van der Waals surface area contributed by atoms with Crippen LogP contribution in [0.4, 0.5) is 0 Å². The molecule has 2 amide bonds. The lowest BCUT2D eigenvalue weighted by Crippen LogP contribution is -2.52. The second-order valence-corrected chi connectivity index (χ2v) is 6.77. The number of hydrogen-bond donors (Lipinski definition) is 5. The molecule has 21 heavy (non-hydrogen) atoms. The lowest BCUT2D eigenvalue weighted by atomic mass is 9.85. The topological polar surface area (TPSA) is 119 Å². The molecular weight excluding hydrogens is 276 g/mol. The quantitative estimate of drug-likeness (QED) is 0.336. The third-order valence-electron chi connectivity index (χ3n) is 3.37. The van der Waals surface area contributed by atoms with Crippen molar-refractivity contribution in [3.63, 3.8) is 0 Å². The van der Waals surface area contributed by atoms with Gasteiger partial charge in [0.2, 0.25) is 5.91 Å². The van der Waals surface area contributed by atoms with E-state index in [1.54, 1.807) is 0 Å². The van der Waals surface area contributed by atoms with Gasteiger partial charge in [-0.05, 0) is 17.8 Å². The molecule has 0 bridgehead atoms. The fourth-order valence-electron chi connectivity index (χ4n) is 1.95. The number of amides is 2. The first-order valence-electron chi connectivity index (χ1n) is 7.07. The van der Waals surface area contributed by atoms with E-state index >= 15 is 0 Å². The molecule has 0 radical (unpaired) electrons. The van der Waals surface area contributed by atoms with E-state index in [2.05, 4.69) is 5.32 Å². The third-order valence-corrected chi connectivity index (χ3v) is 3.37. The minimum absolute atomic E-state index is 0.0732. The highest BCUT2D eigenvalue weighted by atomic mass is 16.5. The van der Waals surface area contributed by atoms with E-state index in [1.807, 2.05) is 34.6 Å². The maximum atomic E-state index is 12.3. The number of carbonyl (C=O) groups excluding carboxylic acids is 2. The van der Waals surface area contributed by atoms with E-state index in [9.17, 15) is 19.8 Å². The van der Waals surface area contributed by atoms with E-state index < -0.39 is 29.9 Å². The zero-order chi connectivity index (χ0) is 16.8. The molecule has 0 saturated heterocycles. The predicted octanol–water partition coefficient (Wildman–Crippen LogP) is 0.0382. The van der Waals surface area contributed by atoms with Crippen LogP contribution in [-0.2, 0) is 9.59 Å². The maximum Gasteiger partial charge on any atom is 0.272 e. The Balaban J connectivity index is 5.07. The van der Waals surface area contributed by atoms with Gasteiger partial charge in [-0.1, -0.05) is 34.6 Å². The molecule has 0 aliphatic carbocycles. The van der Waals surface area contributed by atoms with Gasteiger partial charge in [-0.2, -0.15) is 0 Å². The Kier molecular flexibility index (Phi) is 7.84. The molecule has 0 aromatic carbocycles. The number of nitrogens with one attached hydrogen (secondary N) is 2.